The van der Waals surface area contributed by atoms with Gasteiger partial charge in [0.1, 0.15) is 0 Å². The molecule has 1 atom stereocenters. The molecule has 0 N–H and O–H groups in total. The molecule has 6 nitrogen and oxygen atoms in total. The third-order valence-corrected chi connectivity index (χ3v) is 6.00. The molecule has 1 amide bonds. The number of likely N-dealkylation sites (N-methyl/N-ethyl adjacent to an activating group) is 1. The van der Waals surface area contributed by atoms with Crippen LogP contribution in [0.25, 0.3) is 0 Å². The summed E-state index contributed by atoms with van der Waals surface area (Å²) in [7, 11) is 2.20. The van der Waals surface area contributed by atoms with Crippen molar-refractivity contribution in [3.8, 4) is 0 Å². The van der Waals surface area contributed by atoms with Crippen molar-refractivity contribution in [1.29, 1.82) is 0 Å². The van der Waals surface area contributed by atoms with Crippen molar-refractivity contribution in [3.05, 3.63) is 18.0 Å². The molecule has 0 aromatic carbocycles. The summed E-state index contributed by atoms with van der Waals surface area (Å²) in [6.45, 7) is 12.9. The fourth-order valence-electron chi connectivity index (χ4n) is 4.03. The fraction of sp³-hybridized carbons (Fsp3) is 0.789. The Labute approximate surface area is 151 Å². The van der Waals surface area contributed by atoms with Gasteiger partial charge in [-0.3, -0.25) is 14.4 Å². The second-order valence-corrected chi connectivity index (χ2v) is 8.01. The van der Waals surface area contributed by atoms with Crippen LogP contribution < -0.4 is 0 Å². The van der Waals surface area contributed by atoms with Gasteiger partial charge < -0.3 is 9.80 Å². The van der Waals surface area contributed by atoms with Gasteiger partial charge in [-0.05, 0) is 46.6 Å². The molecule has 6 heteroatoms. The quantitative estimate of drug-likeness (QED) is 0.835. The minimum atomic E-state index is 0.137. The summed E-state index contributed by atoms with van der Waals surface area (Å²) in [4.78, 5) is 19.8. The smallest absolute Gasteiger partial charge is 0.257 e. The van der Waals surface area contributed by atoms with Crippen LogP contribution in [0.1, 0.15) is 50.0 Å². The third-order valence-electron chi connectivity index (χ3n) is 6.00. The van der Waals surface area contributed by atoms with Crippen LogP contribution in [-0.4, -0.2) is 82.7 Å². The lowest BCUT2D eigenvalue weighted by molar-refractivity contribution is 0.0500. The van der Waals surface area contributed by atoms with E-state index in [2.05, 4.69) is 42.7 Å². The zero-order valence-electron chi connectivity index (χ0n) is 16.2. The van der Waals surface area contributed by atoms with E-state index in [0.29, 0.717) is 12.0 Å². The van der Waals surface area contributed by atoms with Crippen molar-refractivity contribution in [3.63, 3.8) is 0 Å². The van der Waals surface area contributed by atoms with Gasteiger partial charge in [-0.25, -0.2) is 0 Å². The first-order valence-electron chi connectivity index (χ1n) is 9.71. The third kappa shape index (κ3) is 4.23. The molecule has 1 unspecified atom stereocenters. The Morgan fingerprint density at radius 3 is 2.28 bits per heavy atom. The number of hydrogen-bond acceptors (Lipinski definition) is 4. The minimum absolute atomic E-state index is 0.137. The Kier molecular flexibility index (Phi) is 5.79. The van der Waals surface area contributed by atoms with Crippen LogP contribution >= 0.6 is 0 Å². The number of aromatic nitrogens is 2. The van der Waals surface area contributed by atoms with Gasteiger partial charge >= 0.3 is 0 Å². The van der Waals surface area contributed by atoms with E-state index < -0.39 is 0 Å². The predicted octanol–water partition coefficient (Wildman–Crippen LogP) is 1.95. The van der Waals surface area contributed by atoms with Crippen molar-refractivity contribution < 1.29 is 4.79 Å². The maximum absolute atomic E-state index is 12.7. The minimum Gasteiger partial charge on any atom is -0.339 e. The van der Waals surface area contributed by atoms with E-state index >= 15 is 0 Å². The molecular formula is C19H33N5O. The first kappa shape index (κ1) is 18.4. The van der Waals surface area contributed by atoms with E-state index in [-0.39, 0.29) is 11.9 Å². The second kappa shape index (κ2) is 7.87. The number of amides is 1. The molecule has 2 aliphatic rings. The predicted molar refractivity (Wildman–Crippen MR) is 99.8 cm³/mol. The Bertz CT molecular complexity index is 568. The molecule has 3 heterocycles. The normalized spacial score (nSPS) is 22.5. The van der Waals surface area contributed by atoms with Crippen LogP contribution in [0.4, 0.5) is 0 Å². The molecule has 2 saturated heterocycles. The number of hydrogen-bond donors (Lipinski definition) is 0. The lowest BCUT2D eigenvalue weighted by atomic mass is 9.89. The summed E-state index contributed by atoms with van der Waals surface area (Å²) < 4.78 is 1.86. The highest BCUT2D eigenvalue weighted by Crippen LogP contribution is 2.25. The van der Waals surface area contributed by atoms with Crippen LogP contribution in [-0.2, 0) is 0 Å². The highest BCUT2D eigenvalue weighted by atomic mass is 16.2. The summed E-state index contributed by atoms with van der Waals surface area (Å²) in [6, 6.07) is 0.909. The molecule has 0 radical (unpaired) electrons. The molecule has 2 fully saturated rings. The van der Waals surface area contributed by atoms with E-state index in [1.54, 1.807) is 6.20 Å². The van der Waals surface area contributed by atoms with E-state index in [4.69, 9.17) is 0 Å². The van der Waals surface area contributed by atoms with Gasteiger partial charge in [0.25, 0.3) is 5.91 Å². The SMILES string of the molecule is CC(C1CCN(C(=O)c2cnn(C(C)C)c2)CC1)N1CCN(C)CC1. The van der Waals surface area contributed by atoms with Crippen molar-refractivity contribution in [2.75, 3.05) is 46.3 Å². The molecule has 0 bridgehead atoms. The van der Waals surface area contributed by atoms with Gasteiger partial charge in [0.05, 0.1) is 11.8 Å². The number of piperazine rings is 1. The molecule has 0 spiro atoms. The monoisotopic (exact) mass is 347 g/mol. The maximum Gasteiger partial charge on any atom is 0.257 e. The molecule has 1 aromatic heterocycles. The summed E-state index contributed by atoms with van der Waals surface area (Å²) in [6.07, 6.45) is 5.81. The standard InChI is InChI=1S/C19H33N5O/c1-15(2)24-14-18(13-20-24)19(25)23-7-5-17(6-8-23)16(3)22-11-9-21(4)10-12-22/h13-17H,5-12H2,1-4H3. The van der Waals surface area contributed by atoms with E-state index in [1.165, 1.54) is 26.2 Å². The first-order chi connectivity index (χ1) is 12.0. The van der Waals surface area contributed by atoms with Gasteiger partial charge in [-0.1, -0.05) is 0 Å². The number of likely N-dealkylation sites (tertiary alicyclic amines) is 1. The molecule has 140 valence electrons. The zero-order chi connectivity index (χ0) is 18.0. The van der Waals surface area contributed by atoms with Gasteiger partial charge in [0.15, 0.2) is 0 Å². The summed E-state index contributed by atoms with van der Waals surface area (Å²) in [5.74, 6) is 0.837. The van der Waals surface area contributed by atoms with Crippen molar-refractivity contribution >= 4 is 5.91 Å². The fourth-order valence-corrected chi connectivity index (χ4v) is 4.03. The zero-order valence-corrected chi connectivity index (χ0v) is 16.2. The Morgan fingerprint density at radius 2 is 1.72 bits per heavy atom. The Hall–Kier alpha value is -1.40. The molecule has 25 heavy (non-hydrogen) atoms. The van der Waals surface area contributed by atoms with Gasteiger partial charge in [0, 0.05) is 57.5 Å². The molecule has 3 rings (SSSR count). The van der Waals surface area contributed by atoms with E-state index in [1.807, 2.05) is 15.8 Å². The van der Waals surface area contributed by atoms with Crippen molar-refractivity contribution in [2.45, 2.75) is 45.7 Å². The van der Waals surface area contributed by atoms with Crippen molar-refractivity contribution in [1.82, 2.24) is 24.5 Å². The largest absolute Gasteiger partial charge is 0.339 e. The van der Waals surface area contributed by atoms with Crippen LogP contribution in [0.5, 0.6) is 0 Å². The topological polar surface area (TPSA) is 44.6 Å². The maximum atomic E-state index is 12.7. The number of rotatable bonds is 4. The van der Waals surface area contributed by atoms with E-state index in [0.717, 1.165) is 31.5 Å². The Balaban J connectivity index is 1.51. The molecule has 0 saturated carbocycles. The van der Waals surface area contributed by atoms with Crippen LogP contribution in [0.2, 0.25) is 0 Å². The summed E-state index contributed by atoms with van der Waals surface area (Å²) >= 11 is 0. The number of carbonyl (C=O) groups is 1. The highest BCUT2D eigenvalue weighted by Gasteiger charge is 2.31. The van der Waals surface area contributed by atoms with Crippen LogP contribution in [0.15, 0.2) is 12.4 Å². The Morgan fingerprint density at radius 1 is 1.08 bits per heavy atom. The number of piperidine rings is 1. The van der Waals surface area contributed by atoms with Gasteiger partial charge in [-0.2, -0.15) is 5.10 Å². The molecule has 2 aliphatic heterocycles. The highest BCUT2D eigenvalue weighted by molar-refractivity contribution is 5.93. The average molecular weight is 348 g/mol. The summed E-state index contributed by atoms with van der Waals surface area (Å²) in [5, 5.41) is 4.30. The number of carbonyl (C=O) groups excluding carboxylic acids is 1. The lowest BCUT2D eigenvalue weighted by Gasteiger charge is -2.42. The van der Waals surface area contributed by atoms with E-state index in [9.17, 15) is 4.79 Å². The van der Waals surface area contributed by atoms with Crippen molar-refractivity contribution in [2.24, 2.45) is 5.92 Å². The summed E-state index contributed by atoms with van der Waals surface area (Å²) in [5.41, 5.74) is 0.722. The van der Waals surface area contributed by atoms with Gasteiger partial charge in [0.2, 0.25) is 0 Å². The first-order valence-corrected chi connectivity index (χ1v) is 9.71. The van der Waals surface area contributed by atoms with Crippen LogP contribution in [0.3, 0.4) is 0 Å². The van der Waals surface area contributed by atoms with Crippen LogP contribution in [0, 0.1) is 5.92 Å². The second-order valence-electron chi connectivity index (χ2n) is 8.01. The molecule has 1 aromatic rings. The average Bonchev–Trinajstić information content (AvgIpc) is 3.12. The lowest BCUT2D eigenvalue weighted by Crippen LogP contribution is -2.52. The van der Waals surface area contributed by atoms with Gasteiger partial charge in [-0.15, -0.1) is 0 Å². The molecular weight excluding hydrogens is 314 g/mol. The number of nitrogens with zero attached hydrogens (tertiary/aromatic N) is 5. The molecule has 0 aliphatic carbocycles.